The van der Waals surface area contributed by atoms with Gasteiger partial charge in [0.25, 0.3) is 0 Å². The van der Waals surface area contributed by atoms with Gasteiger partial charge in [-0.3, -0.25) is 0 Å². The predicted molar refractivity (Wildman–Crippen MR) is 126 cm³/mol. The van der Waals surface area contributed by atoms with Crippen molar-refractivity contribution < 1.29 is 14.6 Å². The summed E-state index contributed by atoms with van der Waals surface area (Å²) in [5.74, 6) is -0.352. The normalized spacial score (nSPS) is 10.6. The first-order valence-electron chi connectivity index (χ1n) is 10.8. The predicted octanol–water partition coefficient (Wildman–Crippen LogP) is 5.34. The Labute approximate surface area is 185 Å². The van der Waals surface area contributed by atoms with E-state index in [2.05, 4.69) is 73.3 Å². The van der Waals surface area contributed by atoms with Crippen LogP contribution in [0.4, 0.5) is 0 Å². The average molecular weight is 415 g/mol. The fraction of sp³-hybridized carbons (Fsp3) is 0.250. The topological polar surface area (TPSA) is 46.5 Å². The maximum atomic E-state index is 11.8. The Balaban J connectivity index is 1.80. The van der Waals surface area contributed by atoms with Crippen LogP contribution in [0.3, 0.4) is 0 Å². The number of carbonyl (C=O) groups is 1. The van der Waals surface area contributed by atoms with E-state index in [1.165, 1.54) is 11.1 Å². The summed E-state index contributed by atoms with van der Waals surface area (Å²) in [6.07, 6.45) is 3.24. The number of hydrogen-bond acceptors (Lipinski definition) is 3. The highest BCUT2D eigenvalue weighted by Crippen LogP contribution is 2.27. The monoisotopic (exact) mass is 414 g/mol. The number of aliphatic hydroxyl groups excluding tert-OH is 1. The third-order valence-electron chi connectivity index (χ3n) is 5.33. The minimum atomic E-state index is -0.352. The molecule has 160 valence electrons. The van der Waals surface area contributed by atoms with Crippen molar-refractivity contribution in [3.05, 3.63) is 107 Å². The molecule has 31 heavy (non-hydrogen) atoms. The first-order valence-corrected chi connectivity index (χ1v) is 10.8. The molecule has 3 heteroatoms. The lowest BCUT2D eigenvalue weighted by Crippen LogP contribution is -2.09. The Morgan fingerprint density at radius 1 is 0.839 bits per heavy atom. The summed E-state index contributed by atoms with van der Waals surface area (Å²) in [6, 6.07) is 25.4. The molecule has 0 fully saturated rings. The summed E-state index contributed by atoms with van der Waals surface area (Å²) in [5, 5.41) is 9.15. The van der Waals surface area contributed by atoms with Crippen molar-refractivity contribution in [2.24, 2.45) is 0 Å². The van der Waals surface area contributed by atoms with E-state index in [0.717, 1.165) is 35.1 Å². The Morgan fingerprint density at radius 3 is 2.16 bits per heavy atom. The van der Waals surface area contributed by atoms with Crippen molar-refractivity contribution in [3.63, 3.8) is 0 Å². The summed E-state index contributed by atoms with van der Waals surface area (Å²) in [6.45, 7) is 5.77. The lowest BCUT2D eigenvalue weighted by atomic mass is 9.93. The highest BCUT2D eigenvalue weighted by atomic mass is 16.5. The highest BCUT2D eigenvalue weighted by molar-refractivity contribution is 5.86. The second kappa shape index (κ2) is 11.3. The summed E-state index contributed by atoms with van der Waals surface area (Å²) in [4.78, 5) is 11.8. The van der Waals surface area contributed by atoms with E-state index in [0.29, 0.717) is 25.0 Å². The van der Waals surface area contributed by atoms with Gasteiger partial charge < -0.3 is 9.84 Å². The van der Waals surface area contributed by atoms with E-state index in [-0.39, 0.29) is 12.6 Å². The SMILES string of the molecule is C=C(C)C(=O)OCCc1cc(CCc2ccccc2)ccc1-c1ccc(CCO)cc1. The number of ether oxygens (including phenoxy) is 1. The Hall–Kier alpha value is -3.17. The van der Waals surface area contributed by atoms with Crippen LogP contribution < -0.4 is 0 Å². The Bertz CT molecular complexity index is 1000. The fourth-order valence-corrected chi connectivity index (χ4v) is 3.58. The van der Waals surface area contributed by atoms with Crippen molar-refractivity contribution in [1.82, 2.24) is 0 Å². The van der Waals surface area contributed by atoms with Crippen LogP contribution in [0.1, 0.15) is 29.2 Å². The highest BCUT2D eigenvalue weighted by Gasteiger charge is 2.10. The zero-order valence-electron chi connectivity index (χ0n) is 18.1. The molecule has 3 aromatic carbocycles. The number of rotatable bonds is 10. The summed E-state index contributed by atoms with van der Waals surface area (Å²) >= 11 is 0. The molecular weight excluding hydrogens is 384 g/mol. The smallest absolute Gasteiger partial charge is 0.333 e. The molecule has 0 heterocycles. The molecular formula is C28H30O3. The van der Waals surface area contributed by atoms with Gasteiger partial charge in [0.2, 0.25) is 0 Å². The third kappa shape index (κ3) is 6.66. The first-order chi connectivity index (χ1) is 15.1. The zero-order valence-corrected chi connectivity index (χ0v) is 18.1. The van der Waals surface area contributed by atoms with E-state index < -0.39 is 0 Å². The van der Waals surface area contributed by atoms with Crippen LogP contribution in [-0.2, 0) is 35.2 Å². The van der Waals surface area contributed by atoms with Crippen LogP contribution in [0.15, 0.2) is 84.9 Å². The largest absolute Gasteiger partial charge is 0.462 e. The summed E-state index contributed by atoms with van der Waals surface area (Å²) in [5.41, 5.74) is 7.55. The molecule has 3 rings (SSSR count). The molecule has 0 aromatic heterocycles. The van der Waals surface area contributed by atoms with Crippen molar-refractivity contribution in [3.8, 4) is 11.1 Å². The van der Waals surface area contributed by atoms with E-state index in [4.69, 9.17) is 9.84 Å². The van der Waals surface area contributed by atoms with Crippen LogP contribution in [0.2, 0.25) is 0 Å². The van der Waals surface area contributed by atoms with Crippen molar-refractivity contribution in [1.29, 1.82) is 0 Å². The van der Waals surface area contributed by atoms with Crippen LogP contribution in [0.25, 0.3) is 11.1 Å². The third-order valence-corrected chi connectivity index (χ3v) is 5.33. The molecule has 0 bridgehead atoms. The van der Waals surface area contributed by atoms with Gasteiger partial charge in [0.05, 0.1) is 6.61 Å². The molecule has 0 radical (unpaired) electrons. The second-order valence-corrected chi connectivity index (χ2v) is 7.81. The van der Waals surface area contributed by atoms with Gasteiger partial charge in [-0.05, 0) is 59.6 Å². The number of carbonyl (C=O) groups excluding carboxylic acids is 1. The number of hydrogen-bond donors (Lipinski definition) is 1. The molecule has 0 atom stereocenters. The molecule has 3 aromatic rings. The molecule has 0 saturated heterocycles. The van der Waals surface area contributed by atoms with Crippen LogP contribution in [-0.4, -0.2) is 24.3 Å². The number of aliphatic hydroxyl groups is 1. The molecule has 0 aliphatic heterocycles. The maximum Gasteiger partial charge on any atom is 0.333 e. The molecule has 0 spiro atoms. The van der Waals surface area contributed by atoms with E-state index in [1.807, 2.05) is 6.07 Å². The molecule has 0 aliphatic rings. The molecule has 3 nitrogen and oxygen atoms in total. The van der Waals surface area contributed by atoms with Crippen LogP contribution in [0.5, 0.6) is 0 Å². The molecule has 0 unspecified atom stereocenters. The van der Waals surface area contributed by atoms with E-state index in [9.17, 15) is 4.79 Å². The Morgan fingerprint density at radius 2 is 1.48 bits per heavy atom. The van der Waals surface area contributed by atoms with E-state index in [1.54, 1.807) is 6.92 Å². The fourth-order valence-electron chi connectivity index (χ4n) is 3.58. The number of benzene rings is 3. The summed E-state index contributed by atoms with van der Waals surface area (Å²) < 4.78 is 5.35. The van der Waals surface area contributed by atoms with Gasteiger partial charge in [0.1, 0.15) is 0 Å². The van der Waals surface area contributed by atoms with E-state index >= 15 is 0 Å². The van der Waals surface area contributed by atoms with Gasteiger partial charge in [-0.1, -0.05) is 79.4 Å². The van der Waals surface area contributed by atoms with Crippen molar-refractivity contribution >= 4 is 5.97 Å². The zero-order chi connectivity index (χ0) is 22.1. The van der Waals surface area contributed by atoms with Gasteiger partial charge in [-0.2, -0.15) is 0 Å². The molecule has 1 N–H and O–H groups in total. The van der Waals surface area contributed by atoms with Gasteiger partial charge in [-0.15, -0.1) is 0 Å². The van der Waals surface area contributed by atoms with Crippen molar-refractivity contribution in [2.45, 2.75) is 32.6 Å². The molecule has 0 aliphatic carbocycles. The second-order valence-electron chi connectivity index (χ2n) is 7.81. The molecule has 0 saturated carbocycles. The number of aryl methyl sites for hydroxylation is 2. The summed E-state index contributed by atoms with van der Waals surface area (Å²) in [7, 11) is 0. The van der Waals surface area contributed by atoms with Gasteiger partial charge >= 0.3 is 5.97 Å². The van der Waals surface area contributed by atoms with Crippen LogP contribution >= 0.6 is 0 Å². The minimum Gasteiger partial charge on any atom is -0.462 e. The quantitative estimate of drug-likeness (QED) is 0.360. The van der Waals surface area contributed by atoms with Crippen molar-refractivity contribution in [2.75, 3.05) is 13.2 Å². The maximum absolute atomic E-state index is 11.8. The molecule has 0 amide bonds. The number of esters is 1. The average Bonchev–Trinajstić information content (AvgIpc) is 2.79. The first kappa shape index (κ1) is 22.5. The lowest BCUT2D eigenvalue weighted by Gasteiger charge is -2.14. The lowest BCUT2D eigenvalue weighted by molar-refractivity contribution is -0.138. The van der Waals surface area contributed by atoms with Gasteiger partial charge in [0.15, 0.2) is 0 Å². The minimum absolute atomic E-state index is 0.148. The Kier molecular flexibility index (Phi) is 8.19. The standard InChI is InChI=1S/C28H30O3/c1-21(2)28(30)31-19-17-26-20-24(9-8-22-6-4-3-5-7-22)12-15-27(26)25-13-10-23(11-14-25)16-18-29/h3-7,10-15,20,29H,1,8-9,16-19H2,2H3. The van der Waals surface area contributed by atoms with Crippen LogP contribution in [0, 0.1) is 0 Å². The van der Waals surface area contributed by atoms with Gasteiger partial charge in [0, 0.05) is 18.6 Å². The van der Waals surface area contributed by atoms with Gasteiger partial charge in [-0.25, -0.2) is 4.79 Å².